The summed E-state index contributed by atoms with van der Waals surface area (Å²) in [6, 6.07) is 15.3. The van der Waals surface area contributed by atoms with E-state index in [2.05, 4.69) is 11.2 Å². The highest BCUT2D eigenvalue weighted by Crippen LogP contribution is 2.30. The van der Waals surface area contributed by atoms with Crippen molar-refractivity contribution < 1.29 is 4.74 Å². The first-order valence-electron chi connectivity index (χ1n) is 6.51. The van der Waals surface area contributed by atoms with Crippen molar-refractivity contribution in [2.45, 2.75) is 6.54 Å². The lowest BCUT2D eigenvalue weighted by atomic mass is 10.1. The maximum atomic E-state index is 8.96. The van der Waals surface area contributed by atoms with Crippen molar-refractivity contribution in [3.8, 4) is 11.8 Å². The summed E-state index contributed by atoms with van der Waals surface area (Å²) in [4.78, 5) is 0. The minimum atomic E-state index is 0.443. The zero-order valence-electron chi connectivity index (χ0n) is 11.6. The molecule has 21 heavy (non-hydrogen) atoms. The van der Waals surface area contributed by atoms with Crippen LogP contribution in [0.2, 0.25) is 0 Å². The molecule has 0 radical (unpaired) electrons. The normalized spacial score (nSPS) is 10.5. The van der Waals surface area contributed by atoms with Crippen LogP contribution in [0.3, 0.4) is 0 Å². The molecule has 0 spiro atoms. The third-order valence-corrected chi connectivity index (χ3v) is 3.38. The fraction of sp³-hybridized carbons (Fsp3) is 0.125. The monoisotopic (exact) mass is 278 g/mol. The van der Waals surface area contributed by atoms with Crippen molar-refractivity contribution in [1.82, 2.24) is 9.78 Å². The molecule has 0 amide bonds. The van der Waals surface area contributed by atoms with Crippen LogP contribution in [0.25, 0.3) is 10.9 Å². The number of nitrogen functional groups attached to an aromatic ring is 1. The van der Waals surface area contributed by atoms with E-state index in [4.69, 9.17) is 15.7 Å². The summed E-state index contributed by atoms with van der Waals surface area (Å²) in [5.41, 5.74) is 8.55. The number of ether oxygens (including phenoxy) is 1. The average Bonchev–Trinajstić information content (AvgIpc) is 2.84. The molecule has 5 heteroatoms. The second-order valence-corrected chi connectivity index (χ2v) is 4.71. The minimum Gasteiger partial charge on any atom is -0.496 e. The van der Waals surface area contributed by atoms with E-state index < -0.39 is 0 Å². The second-order valence-electron chi connectivity index (χ2n) is 4.71. The van der Waals surface area contributed by atoms with Gasteiger partial charge < -0.3 is 10.5 Å². The van der Waals surface area contributed by atoms with Gasteiger partial charge in [0.05, 0.1) is 36.2 Å². The molecule has 0 aliphatic carbocycles. The van der Waals surface area contributed by atoms with E-state index in [1.54, 1.807) is 13.2 Å². The Morgan fingerprint density at radius 3 is 2.86 bits per heavy atom. The number of hydrogen-bond acceptors (Lipinski definition) is 4. The largest absolute Gasteiger partial charge is 0.496 e. The fourth-order valence-electron chi connectivity index (χ4n) is 2.43. The van der Waals surface area contributed by atoms with E-state index in [-0.39, 0.29) is 0 Å². The Balaban J connectivity index is 2.07. The summed E-state index contributed by atoms with van der Waals surface area (Å²) >= 11 is 0. The Morgan fingerprint density at radius 2 is 2.10 bits per heavy atom. The zero-order valence-corrected chi connectivity index (χ0v) is 11.6. The fourth-order valence-corrected chi connectivity index (χ4v) is 2.43. The van der Waals surface area contributed by atoms with Gasteiger partial charge in [-0.15, -0.1) is 0 Å². The number of nitrogens with zero attached hydrogens (tertiary/aromatic N) is 3. The van der Waals surface area contributed by atoms with E-state index in [1.165, 1.54) is 0 Å². The molecular formula is C16H14N4O. The highest BCUT2D eigenvalue weighted by atomic mass is 16.5. The molecule has 3 rings (SSSR count). The Morgan fingerprint density at radius 1 is 1.29 bits per heavy atom. The first-order chi connectivity index (χ1) is 10.2. The minimum absolute atomic E-state index is 0.443. The molecule has 1 aromatic heterocycles. The molecule has 0 unspecified atom stereocenters. The SMILES string of the molecule is COc1cccc2c1c(N)nn2Cc1cccc(C#N)c1. The smallest absolute Gasteiger partial charge is 0.157 e. The number of rotatable bonds is 3. The molecule has 104 valence electrons. The van der Waals surface area contributed by atoms with Crippen LogP contribution in [-0.4, -0.2) is 16.9 Å². The molecule has 0 atom stereocenters. The maximum Gasteiger partial charge on any atom is 0.157 e. The Hall–Kier alpha value is -3.00. The van der Waals surface area contributed by atoms with Crippen molar-refractivity contribution in [3.05, 3.63) is 53.6 Å². The molecule has 0 aliphatic heterocycles. The predicted molar refractivity (Wildman–Crippen MR) is 81.0 cm³/mol. The van der Waals surface area contributed by atoms with Gasteiger partial charge in [0.2, 0.25) is 0 Å². The van der Waals surface area contributed by atoms with Gasteiger partial charge in [-0.1, -0.05) is 18.2 Å². The van der Waals surface area contributed by atoms with E-state index in [1.807, 2.05) is 41.1 Å². The maximum absolute atomic E-state index is 8.96. The summed E-state index contributed by atoms with van der Waals surface area (Å²) in [6.07, 6.45) is 0. The average molecular weight is 278 g/mol. The third-order valence-electron chi connectivity index (χ3n) is 3.38. The molecule has 0 fully saturated rings. The van der Waals surface area contributed by atoms with Crippen LogP contribution in [0.5, 0.6) is 5.75 Å². The number of benzene rings is 2. The van der Waals surface area contributed by atoms with Gasteiger partial charge in [-0.25, -0.2) is 0 Å². The standard InChI is InChI=1S/C16H14N4O/c1-21-14-7-3-6-13-15(14)16(18)19-20(13)10-12-5-2-4-11(8-12)9-17/h2-8H,10H2,1H3,(H2,18,19). The van der Waals surface area contributed by atoms with Crippen LogP contribution in [-0.2, 0) is 6.54 Å². The number of nitrogens with two attached hydrogens (primary N) is 1. The first-order valence-corrected chi connectivity index (χ1v) is 6.51. The lowest BCUT2D eigenvalue weighted by molar-refractivity contribution is 0.420. The van der Waals surface area contributed by atoms with Gasteiger partial charge in [-0.2, -0.15) is 10.4 Å². The second kappa shape index (κ2) is 5.17. The van der Waals surface area contributed by atoms with E-state index in [0.717, 1.165) is 16.5 Å². The van der Waals surface area contributed by atoms with Crippen molar-refractivity contribution >= 4 is 16.7 Å². The molecule has 0 saturated heterocycles. The van der Waals surface area contributed by atoms with E-state index in [9.17, 15) is 0 Å². The van der Waals surface area contributed by atoms with Gasteiger partial charge in [0.15, 0.2) is 5.82 Å². The topological polar surface area (TPSA) is 76.9 Å². The Kier molecular flexibility index (Phi) is 3.20. The van der Waals surface area contributed by atoms with Crippen LogP contribution < -0.4 is 10.5 Å². The molecule has 2 N–H and O–H groups in total. The molecule has 5 nitrogen and oxygen atoms in total. The van der Waals surface area contributed by atoms with E-state index in [0.29, 0.717) is 23.7 Å². The van der Waals surface area contributed by atoms with Crippen LogP contribution in [0, 0.1) is 11.3 Å². The number of hydrogen-bond donors (Lipinski definition) is 1. The van der Waals surface area contributed by atoms with Crippen molar-refractivity contribution in [3.63, 3.8) is 0 Å². The number of nitriles is 1. The summed E-state index contributed by atoms with van der Waals surface area (Å²) in [5.74, 6) is 1.15. The van der Waals surface area contributed by atoms with Gasteiger partial charge in [-0.05, 0) is 29.8 Å². The molecule has 1 heterocycles. The van der Waals surface area contributed by atoms with Gasteiger partial charge in [-0.3, -0.25) is 4.68 Å². The van der Waals surface area contributed by atoms with Crippen LogP contribution in [0.15, 0.2) is 42.5 Å². The number of fused-ring (bicyclic) bond motifs is 1. The molecular weight excluding hydrogens is 264 g/mol. The number of aromatic nitrogens is 2. The van der Waals surface area contributed by atoms with Crippen molar-refractivity contribution in [2.24, 2.45) is 0 Å². The van der Waals surface area contributed by atoms with Crippen molar-refractivity contribution in [1.29, 1.82) is 5.26 Å². The van der Waals surface area contributed by atoms with Gasteiger partial charge >= 0.3 is 0 Å². The Bertz CT molecular complexity index is 845. The van der Waals surface area contributed by atoms with Gasteiger partial charge in [0, 0.05) is 0 Å². The van der Waals surface area contributed by atoms with Gasteiger partial charge in [0.25, 0.3) is 0 Å². The molecule has 3 aromatic rings. The number of anilines is 1. The van der Waals surface area contributed by atoms with Crippen LogP contribution in [0.4, 0.5) is 5.82 Å². The lowest BCUT2D eigenvalue weighted by Gasteiger charge is -2.05. The summed E-state index contributed by atoms with van der Waals surface area (Å²) < 4.78 is 7.16. The third kappa shape index (κ3) is 2.28. The van der Waals surface area contributed by atoms with Crippen molar-refractivity contribution in [2.75, 3.05) is 12.8 Å². The molecule has 0 bridgehead atoms. The molecule has 0 aliphatic rings. The highest BCUT2D eigenvalue weighted by molar-refractivity contribution is 5.94. The predicted octanol–water partition coefficient (Wildman–Crippen LogP) is 2.55. The van der Waals surface area contributed by atoms with Crippen LogP contribution in [0.1, 0.15) is 11.1 Å². The first kappa shape index (κ1) is 13.0. The quantitative estimate of drug-likeness (QED) is 0.798. The van der Waals surface area contributed by atoms with Gasteiger partial charge in [0.1, 0.15) is 5.75 Å². The molecule has 2 aromatic carbocycles. The Labute approximate surface area is 122 Å². The summed E-state index contributed by atoms with van der Waals surface area (Å²) in [7, 11) is 1.61. The summed E-state index contributed by atoms with van der Waals surface area (Å²) in [5, 5.41) is 14.2. The number of methoxy groups -OCH3 is 1. The zero-order chi connectivity index (χ0) is 14.8. The molecule has 0 saturated carbocycles. The highest BCUT2D eigenvalue weighted by Gasteiger charge is 2.12. The summed E-state index contributed by atoms with van der Waals surface area (Å²) in [6.45, 7) is 0.552. The lowest BCUT2D eigenvalue weighted by Crippen LogP contribution is -2.02. The van der Waals surface area contributed by atoms with Crippen LogP contribution >= 0.6 is 0 Å². The van der Waals surface area contributed by atoms with E-state index >= 15 is 0 Å².